The van der Waals surface area contributed by atoms with E-state index in [1.807, 2.05) is 25.1 Å². The molecule has 2 aromatic carbocycles. The van der Waals surface area contributed by atoms with Crippen LogP contribution in [0.5, 0.6) is 11.5 Å². The molecule has 1 heterocycles. The van der Waals surface area contributed by atoms with Crippen molar-refractivity contribution in [3.63, 3.8) is 0 Å². The van der Waals surface area contributed by atoms with Crippen molar-refractivity contribution in [3.05, 3.63) is 59.1 Å². The van der Waals surface area contributed by atoms with Gasteiger partial charge in [-0.2, -0.15) is 0 Å². The number of carbonyl (C=O) groups excluding carboxylic acids is 1. The number of amides is 1. The van der Waals surface area contributed by atoms with Crippen LogP contribution in [0.1, 0.15) is 20.9 Å². The van der Waals surface area contributed by atoms with E-state index in [9.17, 15) is 4.79 Å². The van der Waals surface area contributed by atoms with Crippen molar-refractivity contribution in [2.24, 2.45) is 0 Å². The van der Waals surface area contributed by atoms with Crippen LogP contribution < -0.4 is 14.8 Å². The summed E-state index contributed by atoms with van der Waals surface area (Å²) in [6, 6.07) is 9.17. The normalized spacial score (nSPS) is 10.6. The largest absolute Gasteiger partial charge is 0.493 e. The third kappa shape index (κ3) is 3.55. The van der Waals surface area contributed by atoms with E-state index >= 15 is 0 Å². The lowest BCUT2D eigenvalue weighted by atomic mass is 10.0. The van der Waals surface area contributed by atoms with Crippen LogP contribution in [-0.4, -0.2) is 25.1 Å². The lowest BCUT2D eigenvalue weighted by Crippen LogP contribution is -2.13. The monoisotopic (exact) mass is 368 g/mol. The van der Waals surface area contributed by atoms with E-state index in [-0.39, 0.29) is 5.91 Å². The highest BCUT2D eigenvalue weighted by molar-refractivity contribution is 7.18. The molecule has 3 aromatic rings. The van der Waals surface area contributed by atoms with E-state index in [4.69, 9.17) is 9.47 Å². The average Bonchev–Trinajstić information content (AvgIpc) is 3.00. The van der Waals surface area contributed by atoms with Crippen LogP contribution in [0.2, 0.25) is 0 Å². The van der Waals surface area contributed by atoms with Gasteiger partial charge in [0.15, 0.2) is 11.5 Å². The molecule has 0 bridgehead atoms. The molecule has 1 aromatic heterocycles. The van der Waals surface area contributed by atoms with Crippen molar-refractivity contribution in [1.29, 1.82) is 0 Å². The number of methoxy groups -OCH3 is 2. The van der Waals surface area contributed by atoms with Crippen LogP contribution in [-0.2, 0) is 6.42 Å². The van der Waals surface area contributed by atoms with Crippen LogP contribution in [0.4, 0.5) is 5.69 Å². The van der Waals surface area contributed by atoms with Crippen LogP contribution >= 0.6 is 11.3 Å². The molecule has 0 aliphatic rings. The molecule has 0 unspecified atom stereocenters. The molecule has 0 fully saturated rings. The fraction of sp³-hybridized carbons (Fsp3) is 0.200. The molecule has 3 rings (SSSR count). The van der Waals surface area contributed by atoms with Gasteiger partial charge in [-0.15, -0.1) is 17.9 Å². The first-order chi connectivity index (χ1) is 12.5. The Labute approximate surface area is 156 Å². The quantitative estimate of drug-likeness (QED) is 0.646. The minimum absolute atomic E-state index is 0.211. The van der Waals surface area contributed by atoms with Crippen LogP contribution in [0.15, 0.2) is 43.0 Å². The average molecular weight is 368 g/mol. The Bertz CT molecular complexity index is 979. The van der Waals surface area contributed by atoms with Gasteiger partial charge in [-0.1, -0.05) is 6.08 Å². The molecule has 1 N–H and O–H groups in total. The Hall–Kier alpha value is -2.86. The fourth-order valence-corrected chi connectivity index (χ4v) is 3.67. The van der Waals surface area contributed by atoms with Crippen molar-refractivity contribution >= 4 is 33.1 Å². The predicted octanol–water partition coefficient (Wildman–Crippen LogP) is 4.60. The summed E-state index contributed by atoms with van der Waals surface area (Å²) in [4.78, 5) is 17.2. The maximum Gasteiger partial charge on any atom is 0.255 e. The van der Waals surface area contributed by atoms with Gasteiger partial charge < -0.3 is 14.8 Å². The second kappa shape index (κ2) is 7.58. The summed E-state index contributed by atoms with van der Waals surface area (Å²) >= 11 is 1.60. The molecule has 0 spiro atoms. The summed E-state index contributed by atoms with van der Waals surface area (Å²) in [5.74, 6) is 0.924. The van der Waals surface area contributed by atoms with E-state index in [0.717, 1.165) is 26.5 Å². The number of ether oxygens (including phenoxy) is 2. The zero-order chi connectivity index (χ0) is 18.7. The van der Waals surface area contributed by atoms with Gasteiger partial charge in [-0.3, -0.25) is 4.79 Å². The molecular formula is C20H20N2O3S. The second-order valence-corrected chi connectivity index (χ2v) is 6.97. The van der Waals surface area contributed by atoms with Gasteiger partial charge in [0.05, 0.1) is 29.4 Å². The lowest BCUT2D eigenvalue weighted by Gasteiger charge is -2.14. The first-order valence-corrected chi connectivity index (χ1v) is 8.91. The van der Waals surface area contributed by atoms with Crippen molar-refractivity contribution in [3.8, 4) is 11.5 Å². The Morgan fingerprint density at radius 1 is 1.27 bits per heavy atom. The van der Waals surface area contributed by atoms with E-state index in [1.165, 1.54) is 0 Å². The highest BCUT2D eigenvalue weighted by Crippen LogP contribution is 2.33. The number of fused-ring (bicyclic) bond motifs is 1. The highest BCUT2D eigenvalue weighted by atomic mass is 32.1. The Balaban J connectivity index is 1.92. The maximum atomic E-state index is 12.7. The first-order valence-electron chi connectivity index (χ1n) is 8.10. The van der Waals surface area contributed by atoms with E-state index in [0.29, 0.717) is 23.5 Å². The van der Waals surface area contributed by atoms with Gasteiger partial charge in [-0.05, 0) is 43.7 Å². The molecule has 0 aliphatic carbocycles. The molecule has 0 saturated carbocycles. The van der Waals surface area contributed by atoms with Crippen molar-refractivity contribution in [1.82, 2.24) is 4.98 Å². The molecule has 26 heavy (non-hydrogen) atoms. The molecule has 134 valence electrons. The van der Waals surface area contributed by atoms with E-state index in [2.05, 4.69) is 16.9 Å². The van der Waals surface area contributed by atoms with Crippen LogP contribution in [0.3, 0.4) is 0 Å². The smallest absolute Gasteiger partial charge is 0.255 e. The molecule has 0 saturated heterocycles. The van der Waals surface area contributed by atoms with E-state index in [1.54, 1.807) is 43.8 Å². The number of thiazole rings is 1. The number of aryl methyl sites for hydroxylation is 1. The Kier molecular flexibility index (Phi) is 5.23. The third-order valence-electron chi connectivity index (χ3n) is 3.94. The minimum Gasteiger partial charge on any atom is -0.493 e. The number of anilines is 1. The second-order valence-electron chi connectivity index (χ2n) is 5.73. The molecular weight excluding hydrogens is 348 g/mol. The summed E-state index contributed by atoms with van der Waals surface area (Å²) in [6.45, 7) is 5.72. The number of hydrogen-bond acceptors (Lipinski definition) is 5. The zero-order valence-electron chi connectivity index (χ0n) is 15.0. The number of nitrogens with one attached hydrogen (secondary N) is 1. The predicted molar refractivity (Wildman–Crippen MR) is 106 cm³/mol. The standard InChI is InChI=1S/C20H20N2O3S/c1-5-6-13-9-14(10-17(24-3)19(13)25-4)20(23)22-15-7-8-16-18(11-15)26-12(2)21-16/h5,7-11H,1,6H2,2-4H3,(H,22,23). The van der Waals surface area contributed by atoms with Gasteiger partial charge in [0, 0.05) is 16.8 Å². The number of benzene rings is 2. The highest BCUT2D eigenvalue weighted by Gasteiger charge is 2.16. The number of nitrogens with zero attached hydrogens (tertiary/aromatic N) is 1. The van der Waals surface area contributed by atoms with Gasteiger partial charge in [0.1, 0.15) is 0 Å². The van der Waals surface area contributed by atoms with Gasteiger partial charge in [0.25, 0.3) is 5.91 Å². The Morgan fingerprint density at radius 3 is 2.77 bits per heavy atom. The number of allylic oxidation sites excluding steroid dienone is 1. The SMILES string of the molecule is C=CCc1cc(C(=O)Nc2ccc3nc(C)sc3c2)cc(OC)c1OC. The number of hydrogen-bond donors (Lipinski definition) is 1. The molecule has 0 radical (unpaired) electrons. The number of carbonyl (C=O) groups is 1. The summed E-state index contributed by atoms with van der Waals surface area (Å²) in [7, 11) is 3.13. The fourth-order valence-electron chi connectivity index (χ4n) is 2.80. The van der Waals surface area contributed by atoms with Gasteiger partial charge >= 0.3 is 0 Å². The topological polar surface area (TPSA) is 60.5 Å². The van der Waals surface area contributed by atoms with Gasteiger partial charge in [-0.25, -0.2) is 4.98 Å². The molecule has 5 nitrogen and oxygen atoms in total. The van der Waals surface area contributed by atoms with Crippen molar-refractivity contribution < 1.29 is 14.3 Å². The third-order valence-corrected chi connectivity index (χ3v) is 4.87. The van der Waals surface area contributed by atoms with Crippen molar-refractivity contribution in [2.75, 3.05) is 19.5 Å². The maximum absolute atomic E-state index is 12.7. The Morgan fingerprint density at radius 2 is 2.08 bits per heavy atom. The minimum atomic E-state index is -0.211. The van der Waals surface area contributed by atoms with Gasteiger partial charge in [0.2, 0.25) is 0 Å². The molecule has 6 heteroatoms. The lowest BCUT2D eigenvalue weighted by molar-refractivity contribution is 0.102. The van der Waals surface area contributed by atoms with Crippen LogP contribution in [0.25, 0.3) is 10.2 Å². The molecule has 0 aliphatic heterocycles. The number of rotatable bonds is 6. The molecule has 0 atom stereocenters. The summed E-state index contributed by atoms with van der Waals surface area (Å²) in [5.41, 5.74) is 3.01. The summed E-state index contributed by atoms with van der Waals surface area (Å²) in [6.07, 6.45) is 2.34. The summed E-state index contributed by atoms with van der Waals surface area (Å²) < 4.78 is 11.8. The van der Waals surface area contributed by atoms with Crippen LogP contribution in [0, 0.1) is 6.92 Å². The summed E-state index contributed by atoms with van der Waals surface area (Å²) in [5, 5.41) is 3.93. The first kappa shape index (κ1) is 17.9. The van der Waals surface area contributed by atoms with Crippen molar-refractivity contribution in [2.45, 2.75) is 13.3 Å². The number of aromatic nitrogens is 1. The molecule has 1 amide bonds. The zero-order valence-corrected chi connectivity index (χ0v) is 15.8. The van der Waals surface area contributed by atoms with E-state index < -0.39 is 0 Å².